The fraction of sp³-hybridized carbons (Fsp3) is 0.400. The molecule has 0 saturated carbocycles. The molecule has 0 saturated heterocycles. The fourth-order valence-corrected chi connectivity index (χ4v) is 1.98. The Morgan fingerprint density at radius 3 is 2.78 bits per heavy atom. The number of benzene rings is 1. The van der Waals surface area contributed by atoms with E-state index in [1.807, 2.05) is 18.2 Å². The molecular formula is C15H20N2O. The largest absolute Gasteiger partial charge is 0.389 e. The number of aliphatic hydroxyl groups is 1. The molecule has 0 amide bonds. The summed E-state index contributed by atoms with van der Waals surface area (Å²) in [5.41, 5.74) is 2.38. The van der Waals surface area contributed by atoms with Gasteiger partial charge in [-0.3, -0.25) is 0 Å². The van der Waals surface area contributed by atoms with E-state index in [1.54, 1.807) is 13.0 Å². The van der Waals surface area contributed by atoms with Crippen LogP contribution in [0.1, 0.15) is 37.5 Å². The molecule has 3 heteroatoms. The molecule has 0 aliphatic carbocycles. The smallest absolute Gasteiger partial charge is 0.0992 e. The van der Waals surface area contributed by atoms with Crippen molar-refractivity contribution in [1.82, 2.24) is 0 Å². The SMILES string of the molecule is C=CCN(CCC)c1cc(C#N)ccc1C(C)O. The van der Waals surface area contributed by atoms with E-state index in [-0.39, 0.29) is 0 Å². The first-order valence-corrected chi connectivity index (χ1v) is 6.22. The van der Waals surface area contributed by atoms with E-state index in [9.17, 15) is 5.11 Å². The summed E-state index contributed by atoms with van der Waals surface area (Å²) in [5, 5.41) is 18.8. The van der Waals surface area contributed by atoms with Crippen LogP contribution in [-0.2, 0) is 0 Å². The molecule has 0 spiro atoms. The molecule has 1 aromatic carbocycles. The van der Waals surface area contributed by atoms with Gasteiger partial charge in [-0.1, -0.05) is 19.1 Å². The van der Waals surface area contributed by atoms with Gasteiger partial charge in [-0.15, -0.1) is 6.58 Å². The van der Waals surface area contributed by atoms with Crippen LogP contribution < -0.4 is 4.90 Å². The maximum absolute atomic E-state index is 9.82. The third kappa shape index (κ3) is 3.35. The van der Waals surface area contributed by atoms with Crippen molar-refractivity contribution in [3.8, 4) is 6.07 Å². The lowest BCUT2D eigenvalue weighted by molar-refractivity contribution is 0.199. The highest BCUT2D eigenvalue weighted by atomic mass is 16.3. The zero-order valence-corrected chi connectivity index (χ0v) is 11.1. The van der Waals surface area contributed by atoms with Crippen LogP contribution in [0.3, 0.4) is 0 Å². The summed E-state index contributed by atoms with van der Waals surface area (Å²) in [6.07, 6.45) is 2.29. The van der Waals surface area contributed by atoms with E-state index in [0.717, 1.165) is 24.2 Å². The molecule has 0 aromatic heterocycles. The number of rotatable bonds is 6. The maximum atomic E-state index is 9.82. The average molecular weight is 244 g/mol. The molecule has 96 valence electrons. The topological polar surface area (TPSA) is 47.3 Å². The Hall–Kier alpha value is -1.79. The van der Waals surface area contributed by atoms with Gasteiger partial charge in [-0.05, 0) is 25.5 Å². The quantitative estimate of drug-likeness (QED) is 0.782. The van der Waals surface area contributed by atoms with Gasteiger partial charge in [0.05, 0.1) is 17.7 Å². The number of anilines is 1. The molecule has 1 atom stereocenters. The first-order chi connectivity index (χ1) is 8.63. The van der Waals surface area contributed by atoms with Gasteiger partial charge < -0.3 is 10.0 Å². The van der Waals surface area contributed by atoms with Gasteiger partial charge in [0.1, 0.15) is 0 Å². The summed E-state index contributed by atoms with van der Waals surface area (Å²) in [4.78, 5) is 2.13. The molecule has 1 rings (SSSR count). The van der Waals surface area contributed by atoms with Crippen LogP contribution in [0.25, 0.3) is 0 Å². The average Bonchev–Trinajstić information content (AvgIpc) is 2.37. The number of aliphatic hydroxyl groups excluding tert-OH is 1. The van der Waals surface area contributed by atoms with Crippen molar-refractivity contribution >= 4 is 5.69 Å². The summed E-state index contributed by atoms with van der Waals surface area (Å²) in [6.45, 7) is 9.19. The molecule has 0 radical (unpaired) electrons. The Labute approximate surface area is 109 Å². The van der Waals surface area contributed by atoms with E-state index >= 15 is 0 Å². The highest BCUT2D eigenvalue weighted by Crippen LogP contribution is 2.27. The maximum Gasteiger partial charge on any atom is 0.0992 e. The Kier molecular flexibility index (Phi) is 5.41. The van der Waals surface area contributed by atoms with Crippen molar-refractivity contribution in [2.24, 2.45) is 0 Å². The third-order valence-electron chi connectivity index (χ3n) is 2.79. The van der Waals surface area contributed by atoms with Crippen LogP contribution in [-0.4, -0.2) is 18.2 Å². The highest BCUT2D eigenvalue weighted by molar-refractivity contribution is 5.58. The molecule has 1 N–H and O–H groups in total. The minimum absolute atomic E-state index is 0.545. The molecule has 3 nitrogen and oxygen atoms in total. The monoisotopic (exact) mass is 244 g/mol. The van der Waals surface area contributed by atoms with E-state index in [1.165, 1.54) is 0 Å². The first-order valence-electron chi connectivity index (χ1n) is 6.22. The highest BCUT2D eigenvalue weighted by Gasteiger charge is 2.14. The van der Waals surface area contributed by atoms with E-state index in [0.29, 0.717) is 12.1 Å². The molecule has 0 fully saturated rings. The van der Waals surface area contributed by atoms with Crippen LogP contribution in [0.2, 0.25) is 0 Å². The second-order valence-corrected chi connectivity index (χ2v) is 4.30. The lowest BCUT2D eigenvalue weighted by Crippen LogP contribution is -2.25. The summed E-state index contributed by atoms with van der Waals surface area (Å²) in [5.74, 6) is 0. The zero-order chi connectivity index (χ0) is 13.5. The first kappa shape index (κ1) is 14.3. The van der Waals surface area contributed by atoms with Crippen LogP contribution >= 0.6 is 0 Å². The van der Waals surface area contributed by atoms with Gasteiger partial charge in [0.25, 0.3) is 0 Å². The van der Waals surface area contributed by atoms with Gasteiger partial charge in [0.2, 0.25) is 0 Å². The van der Waals surface area contributed by atoms with Gasteiger partial charge >= 0.3 is 0 Å². The minimum Gasteiger partial charge on any atom is -0.389 e. The lowest BCUT2D eigenvalue weighted by Gasteiger charge is -2.26. The van der Waals surface area contributed by atoms with Crippen molar-refractivity contribution in [3.63, 3.8) is 0 Å². The van der Waals surface area contributed by atoms with E-state index in [4.69, 9.17) is 5.26 Å². The van der Waals surface area contributed by atoms with Crippen LogP contribution in [0.4, 0.5) is 5.69 Å². The summed E-state index contributed by atoms with van der Waals surface area (Å²) >= 11 is 0. The normalized spacial score (nSPS) is 11.7. The predicted molar refractivity (Wildman–Crippen MR) is 74.5 cm³/mol. The van der Waals surface area contributed by atoms with Crippen LogP contribution in [0.15, 0.2) is 30.9 Å². The molecule has 1 aromatic rings. The summed E-state index contributed by atoms with van der Waals surface area (Å²) < 4.78 is 0. The van der Waals surface area contributed by atoms with Gasteiger partial charge in [-0.2, -0.15) is 5.26 Å². The van der Waals surface area contributed by atoms with Crippen LogP contribution in [0.5, 0.6) is 0 Å². The Balaban J connectivity index is 3.23. The lowest BCUT2D eigenvalue weighted by atomic mass is 10.0. The predicted octanol–water partition coefficient (Wildman–Crippen LogP) is 3.01. The standard InChI is InChI=1S/C15H20N2O/c1-4-8-17(9-5-2)15-10-13(11-16)6-7-14(15)12(3)18/h4,6-7,10,12,18H,1,5,8-9H2,2-3H3. The molecular weight excluding hydrogens is 224 g/mol. The number of nitrogens with zero attached hydrogens (tertiary/aromatic N) is 2. The fourth-order valence-electron chi connectivity index (χ4n) is 1.98. The zero-order valence-electron chi connectivity index (χ0n) is 11.1. The Morgan fingerprint density at radius 2 is 2.28 bits per heavy atom. The molecule has 0 heterocycles. The third-order valence-corrected chi connectivity index (χ3v) is 2.79. The van der Waals surface area contributed by atoms with Crippen molar-refractivity contribution in [1.29, 1.82) is 5.26 Å². The van der Waals surface area contributed by atoms with Crippen molar-refractivity contribution < 1.29 is 5.11 Å². The Morgan fingerprint density at radius 1 is 1.56 bits per heavy atom. The van der Waals surface area contributed by atoms with Crippen LogP contribution in [0, 0.1) is 11.3 Å². The van der Waals surface area contributed by atoms with Crippen molar-refractivity contribution in [3.05, 3.63) is 42.0 Å². The molecule has 1 unspecified atom stereocenters. The van der Waals surface area contributed by atoms with E-state index < -0.39 is 6.10 Å². The second kappa shape index (κ2) is 6.83. The molecule has 0 aliphatic heterocycles. The number of hydrogen-bond donors (Lipinski definition) is 1. The number of hydrogen-bond acceptors (Lipinski definition) is 3. The Bertz CT molecular complexity index is 446. The molecule has 0 bridgehead atoms. The number of nitriles is 1. The summed E-state index contributed by atoms with van der Waals surface area (Å²) in [7, 11) is 0. The molecule has 18 heavy (non-hydrogen) atoms. The second-order valence-electron chi connectivity index (χ2n) is 4.30. The van der Waals surface area contributed by atoms with Crippen molar-refractivity contribution in [2.45, 2.75) is 26.4 Å². The van der Waals surface area contributed by atoms with Gasteiger partial charge in [-0.25, -0.2) is 0 Å². The van der Waals surface area contributed by atoms with Gasteiger partial charge in [0, 0.05) is 24.3 Å². The van der Waals surface area contributed by atoms with E-state index in [2.05, 4.69) is 24.5 Å². The van der Waals surface area contributed by atoms with Crippen molar-refractivity contribution in [2.75, 3.05) is 18.0 Å². The van der Waals surface area contributed by atoms with Gasteiger partial charge in [0.15, 0.2) is 0 Å². The summed E-state index contributed by atoms with van der Waals surface area (Å²) in [6, 6.07) is 7.54. The molecule has 0 aliphatic rings. The minimum atomic E-state index is -0.545.